The maximum Gasteiger partial charge on any atom is 0.223 e. The zero-order valence-electron chi connectivity index (χ0n) is 7.71. The molecule has 0 bridgehead atoms. The summed E-state index contributed by atoms with van der Waals surface area (Å²) in [5.41, 5.74) is 0.583. The zero-order valence-corrected chi connectivity index (χ0v) is 7.71. The first kappa shape index (κ1) is 10.7. The number of furan rings is 1. The fraction of sp³-hybridized carbons (Fsp3) is 0.250. The summed E-state index contributed by atoms with van der Waals surface area (Å²) >= 11 is 0. The smallest absolute Gasteiger partial charge is 0.223 e. The van der Waals surface area contributed by atoms with Gasteiger partial charge in [0, 0.05) is 4.92 Å². The molecule has 7 heteroatoms. The molecule has 1 aromatic rings. The van der Waals surface area contributed by atoms with E-state index in [-0.39, 0.29) is 18.9 Å². The Balaban J connectivity index is 2.66. The normalized spacial score (nSPS) is 10.7. The monoisotopic (exact) mass is 208 g/mol. The second-order valence-corrected chi connectivity index (χ2v) is 2.54. The number of nitriles is 1. The van der Waals surface area contributed by atoms with Crippen LogP contribution in [0.4, 0.5) is 0 Å². The minimum Gasteiger partial charge on any atom is -0.472 e. The lowest BCUT2D eigenvalue weighted by Crippen LogP contribution is -2.20. The second-order valence-electron chi connectivity index (χ2n) is 2.54. The predicted molar refractivity (Wildman–Crippen MR) is 50.7 cm³/mol. The van der Waals surface area contributed by atoms with Crippen LogP contribution in [0, 0.1) is 21.6 Å². The van der Waals surface area contributed by atoms with Crippen molar-refractivity contribution in [1.82, 2.24) is 5.32 Å². The lowest BCUT2D eigenvalue weighted by molar-refractivity contribution is -0.476. The number of hydrogen-bond donors (Lipinski definition) is 1. The molecule has 0 spiro atoms. The quantitative estimate of drug-likeness (QED) is 0.192. The number of amidine groups is 1. The minimum absolute atomic E-state index is 0.0161. The van der Waals surface area contributed by atoms with Crippen molar-refractivity contribution >= 4 is 5.84 Å². The molecule has 1 aromatic heterocycles. The fourth-order valence-electron chi connectivity index (χ4n) is 0.899. The maximum atomic E-state index is 10.1. The van der Waals surface area contributed by atoms with Crippen molar-refractivity contribution in [2.45, 2.75) is 0 Å². The summed E-state index contributed by atoms with van der Waals surface area (Å²) < 4.78 is 4.81. The van der Waals surface area contributed by atoms with Gasteiger partial charge in [-0.05, 0) is 6.07 Å². The summed E-state index contributed by atoms with van der Waals surface area (Å²) in [6.45, 7) is -0.253. The van der Waals surface area contributed by atoms with Crippen LogP contribution in [0.2, 0.25) is 0 Å². The van der Waals surface area contributed by atoms with Gasteiger partial charge in [0.2, 0.25) is 6.54 Å². The minimum atomic E-state index is -0.469. The molecule has 0 unspecified atom stereocenters. The maximum absolute atomic E-state index is 10.1. The molecule has 0 saturated heterocycles. The molecule has 0 fully saturated rings. The number of hydrogen-bond acceptors (Lipinski definition) is 5. The molecule has 0 atom stereocenters. The Morgan fingerprint density at radius 3 is 3.13 bits per heavy atom. The third kappa shape index (κ3) is 3.48. The Kier molecular flexibility index (Phi) is 3.85. The van der Waals surface area contributed by atoms with E-state index in [0.29, 0.717) is 5.56 Å². The highest BCUT2D eigenvalue weighted by atomic mass is 16.6. The van der Waals surface area contributed by atoms with Crippen molar-refractivity contribution in [3.63, 3.8) is 0 Å². The van der Waals surface area contributed by atoms with E-state index in [2.05, 4.69) is 10.3 Å². The van der Waals surface area contributed by atoms with E-state index in [1.807, 2.05) is 0 Å². The van der Waals surface area contributed by atoms with Crippen LogP contribution < -0.4 is 5.32 Å². The standard InChI is InChI=1S/C8H8N4O3/c9-6-11-8(7-1-4-15-5-7)10-2-3-12(13)14/h1,4-5H,2-3H2,(H,10,11). The van der Waals surface area contributed by atoms with Crippen molar-refractivity contribution < 1.29 is 9.34 Å². The topological polar surface area (TPSA) is 104 Å². The van der Waals surface area contributed by atoms with Gasteiger partial charge in [-0.1, -0.05) is 0 Å². The zero-order chi connectivity index (χ0) is 11.1. The van der Waals surface area contributed by atoms with Gasteiger partial charge in [-0.15, -0.1) is 0 Å². The van der Waals surface area contributed by atoms with Crippen molar-refractivity contribution in [2.75, 3.05) is 13.1 Å². The molecular weight excluding hydrogens is 200 g/mol. The Morgan fingerprint density at radius 2 is 2.60 bits per heavy atom. The van der Waals surface area contributed by atoms with E-state index in [1.165, 1.54) is 12.5 Å². The van der Waals surface area contributed by atoms with Crippen LogP contribution in [0.1, 0.15) is 5.56 Å². The molecule has 0 aliphatic rings. The molecule has 7 nitrogen and oxygen atoms in total. The van der Waals surface area contributed by atoms with Gasteiger partial charge in [-0.3, -0.25) is 20.4 Å². The van der Waals surface area contributed by atoms with E-state index in [1.54, 1.807) is 12.3 Å². The third-order valence-corrected chi connectivity index (χ3v) is 1.52. The number of nitro groups is 1. The molecule has 0 saturated carbocycles. The molecule has 15 heavy (non-hydrogen) atoms. The van der Waals surface area contributed by atoms with Gasteiger partial charge in [0.15, 0.2) is 6.19 Å². The summed E-state index contributed by atoms with van der Waals surface area (Å²) in [5, 5.41) is 20.8. The van der Waals surface area contributed by atoms with Crippen molar-refractivity contribution in [1.29, 1.82) is 5.26 Å². The summed E-state index contributed by atoms with van der Waals surface area (Å²) in [4.78, 5) is 13.5. The van der Waals surface area contributed by atoms with E-state index < -0.39 is 4.92 Å². The van der Waals surface area contributed by atoms with Crippen molar-refractivity contribution in [2.24, 2.45) is 4.99 Å². The molecule has 0 amide bonds. The Morgan fingerprint density at radius 1 is 1.80 bits per heavy atom. The van der Waals surface area contributed by atoms with Crippen LogP contribution in [0.15, 0.2) is 28.0 Å². The van der Waals surface area contributed by atoms with Gasteiger partial charge in [0.1, 0.15) is 18.6 Å². The van der Waals surface area contributed by atoms with E-state index >= 15 is 0 Å². The number of nitrogens with zero attached hydrogens (tertiary/aromatic N) is 3. The van der Waals surface area contributed by atoms with Crippen LogP contribution in [0.25, 0.3) is 0 Å². The highest BCUT2D eigenvalue weighted by Gasteiger charge is 2.04. The highest BCUT2D eigenvalue weighted by molar-refractivity contribution is 5.99. The Hall–Kier alpha value is -2.36. The molecule has 0 aliphatic heterocycles. The predicted octanol–water partition coefficient (Wildman–Crippen LogP) is 0.374. The van der Waals surface area contributed by atoms with Gasteiger partial charge in [-0.2, -0.15) is 5.26 Å². The molecule has 78 valence electrons. The molecular formula is C8H8N4O3. The number of rotatable bonds is 4. The third-order valence-electron chi connectivity index (χ3n) is 1.52. The molecule has 0 aromatic carbocycles. The summed E-state index contributed by atoms with van der Waals surface area (Å²) in [6, 6.07) is 1.61. The molecule has 1 rings (SSSR count). The Labute approximate surface area is 85.2 Å². The molecule has 0 radical (unpaired) electrons. The SMILES string of the molecule is N#CNC(=NCC[N+](=O)[O-])c1ccoc1. The van der Waals surface area contributed by atoms with Gasteiger partial charge < -0.3 is 4.42 Å². The van der Waals surface area contributed by atoms with E-state index in [0.717, 1.165) is 0 Å². The van der Waals surface area contributed by atoms with Crippen LogP contribution in [0.3, 0.4) is 0 Å². The first-order valence-electron chi connectivity index (χ1n) is 4.08. The lowest BCUT2D eigenvalue weighted by Gasteiger charge is -1.98. The van der Waals surface area contributed by atoms with Gasteiger partial charge in [0.05, 0.1) is 11.8 Å². The van der Waals surface area contributed by atoms with Crippen LogP contribution >= 0.6 is 0 Å². The van der Waals surface area contributed by atoms with E-state index in [4.69, 9.17) is 9.68 Å². The second kappa shape index (κ2) is 5.39. The average molecular weight is 208 g/mol. The van der Waals surface area contributed by atoms with E-state index in [9.17, 15) is 10.1 Å². The lowest BCUT2D eigenvalue weighted by atomic mass is 10.3. The summed E-state index contributed by atoms with van der Waals surface area (Å²) in [6.07, 6.45) is 4.53. The van der Waals surface area contributed by atoms with Gasteiger partial charge >= 0.3 is 0 Å². The van der Waals surface area contributed by atoms with Gasteiger partial charge in [-0.25, -0.2) is 0 Å². The average Bonchev–Trinajstić information content (AvgIpc) is 2.68. The molecule has 1 heterocycles. The Bertz CT molecular complexity index is 391. The van der Waals surface area contributed by atoms with Gasteiger partial charge in [0.25, 0.3) is 0 Å². The summed E-state index contributed by atoms with van der Waals surface area (Å²) in [7, 11) is 0. The highest BCUT2D eigenvalue weighted by Crippen LogP contribution is 2.00. The first-order valence-corrected chi connectivity index (χ1v) is 4.08. The fourth-order valence-corrected chi connectivity index (χ4v) is 0.899. The molecule has 1 N–H and O–H groups in total. The van der Waals surface area contributed by atoms with Crippen LogP contribution in [-0.4, -0.2) is 23.8 Å². The van der Waals surface area contributed by atoms with Crippen LogP contribution in [-0.2, 0) is 0 Å². The molecule has 0 aliphatic carbocycles. The summed E-state index contributed by atoms with van der Waals surface area (Å²) in [5.74, 6) is 0.271. The van der Waals surface area contributed by atoms with Crippen LogP contribution in [0.5, 0.6) is 0 Å². The first-order chi connectivity index (χ1) is 7.24. The number of aliphatic imine (C=N–C) groups is 1. The van der Waals surface area contributed by atoms with Crippen molar-refractivity contribution in [3.8, 4) is 6.19 Å². The number of nitrogens with one attached hydrogen (secondary N) is 1. The van der Waals surface area contributed by atoms with Crippen molar-refractivity contribution in [3.05, 3.63) is 34.3 Å². The largest absolute Gasteiger partial charge is 0.472 e.